The average molecular weight is 726 g/mol. The Morgan fingerprint density at radius 1 is 0.860 bits per heavy atom. The number of ether oxygens (including phenoxy) is 3. The van der Waals surface area contributed by atoms with E-state index in [1.807, 2.05) is 44.2 Å². The van der Waals surface area contributed by atoms with Crippen molar-refractivity contribution in [3.05, 3.63) is 113 Å². The van der Waals surface area contributed by atoms with Gasteiger partial charge in [0.1, 0.15) is 24.2 Å². The molecule has 0 aliphatic carbocycles. The largest absolute Gasteiger partial charge is 0.495 e. The number of nitrogens with zero attached hydrogens (tertiary/aromatic N) is 2. The Kier molecular flexibility index (Phi) is 13.1. The summed E-state index contributed by atoms with van der Waals surface area (Å²) in [6.07, 6.45) is 0.698. The lowest BCUT2D eigenvalue weighted by atomic mass is 10.0. The van der Waals surface area contributed by atoms with Crippen molar-refractivity contribution < 1.29 is 36.6 Å². The zero-order valence-electron chi connectivity index (χ0n) is 28.6. The summed E-state index contributed by atoms with van der Waals surface area (Å²) in [4.78, 5) is 29.7. The van der Waals surface area contributed by atoms with Gasteiger partial charge >= 0.3 is 0 Å². The Morgan fingerprint density at radius 3 is 2.14 bits per heavy atom. The highest BCUT2D eigenvalue weighted by molar-refractivity contribution is 7.92. The first kappa shape index (κ1) is 38.0. The lowest BCUT2D eigenvalue weighted by Gasteiger charge is -2.34. The second kappa shape index (κ2) is 17.2. The van der Waals surface area contributed by atoms with Crippen LogP contribution in [0, 0.1) is 5.82 Å². The Labute approximate surface area is 297 Å². The molecule has 0 radical (unpaired) electrons. The lowest BCUT2D eigenvalue weighted by Crippen LogP contribution is -2.54. The lowest BCUT2D eigenvalue weighted by molar-refractivity contribution is -0.140. The quantitative estimate of drug-likeness (QED) is 0.145. The summed E-state index contributed by atoms with van der Waals surface area (Å²) in [5, 5.41) is 3.13. The van der Waals surface area contributed by atoms with Crippen LogP contribution < -0.4 is 23.8 Å². The fourth-order valence-corrected chi connectivity index (χ4v) is 6.88. The minimum atomic E-state index is -4.56. The molecule has 13 heteroatoms. The number of hydrogen-bond donors (Lipinski definition) is 1. The first-order chi connectivity index (χ1) is 23.9. The van der Waals surface area contributed by atoms with E-state index in [0.717, 1.165) is 9.87 Å². The fraction of sp³-hybridized carbons (Fsp3) is 0.297. The van der Waals surface area contributed by atoms with Gasteiger partial charge in [0.2, 0.25) is 11.8 Å². The Morgan fingerprint density at radius 2 is 1.50 bits per heavy atom. The van der Waals surface area contributed by atoms with Gasteiger partial charge in [0, 0.05) is 35.7 Å². The first-order valence-corrected chi connectivity index (χ1v) is 17.7. The van der Waals surface area contributed by atoms with Crippen molar-refractivity contribution in [1.82, 2.24) is 10.2 Å². The van der Waals surface area contributed by atoms with Crippen LogP contribution in [-0.4, -0.2) is 65.1 Å². The van der Waals surface area contributed by atoms with Gasteiger partial charge in [-0.1, -0.05) is 67.1 Å². The minimum Gasteiger partial charge on any atom is -0.495 e. The van der Waals surface area contributed by atoms with Gasteiger partial charge in [0.15, 0.2) is 11.5 Å². The molecule has 2 amide bonds. The Balaban J connectivity index is 1.89. The van der Waals surface area contributed by atoms with E-state index in [4.69, 9.17) is 25.8 Å². The van der Waals surface area contributed by atoms with Crippen molar-refractivity contribution in [3.63, 3.8) is 0 Å². The van der Waals surface area contributed by atoms with Crippen LogP contribution in [-0.2, 0) is 32.6 Å². The highest BCUT2D eigenvalue weighted by Gasteiger charge is 2.36. The van der Waals surface area contributed by atoms with E-state index in [1.165, 1.54) is 80.8 Å². The molecule has 0 saturated heterocycles. The number of hydrogen-bond acceptors (Lipinski definition) is 7. The third-order valence-electron chi connectivity index (χ3n) is 8.20. The number of halogens is 2. The second-order valence-corrected chi connectivity index (χ2v) is 13.8. The molecule has 0 heterocycles. The van der Waals surface area contributed by atoms with E-state index in [1.54, 1.807) is 6.07 Å². The highest BCUT2D eigenvalue weighted by Crippen LogP contribution is 2.37. The topological polar surface area (TPSA) is 114 Å². The maximum absolute atomic E-state index is 15.2. The zero-order chi connectivity index (χ0) is 36.4. The van der Waals surface area contributed by atoms with Crippen LogP contribution in [0.1, 0.15) is 31.4 Å². The van der Waals surface area contributed by atoms with Crippen LogP contribution in [0.3, 0.4) is 0 Å². The van der Waals surface area contributed by atoms with E-state index >= 15 is 4.39 Å². The molecule has 0 aromatic heterocycles. The second-order valence-electron chi connectivity index (χ2n) is 11.5. The minimum absolute atomic E-state index is 0.0300. The molecule has 266 valence electrons. The summed E-state index contributed by atoms with van der Waals surface area (Å²) in [5.41, 5.74) is 0.858. The van der Waals surface area contributed by atoms with Gasteiger partial charge in [-0.25, -0.2) is 12.8 Å². The van der Waals surface area contributed by atoms with E-state index < -0.39 is 40.2 Å². The number of nitrogens with one attached hydrogen (secondary N) is 1. The third-order valence-corrected chi connectivity index (χ3v) is 10.2. The molecule has 50 heavy (non-hydrogen) atoms. The number of anilines is 1. The summed E-state index contributed by atoms with van der Waals surface area (Å²) in [6, 6.07) is 22.0. The molecule has 0 aliphatic rings. The molecular weight excluding hydrogens is 685 g/mol. The van der Waals surface area contributed by atoms with Gasteiger partial charge in [-0.2, -0.15) is 0 Å². The first-order valence-electron chi connectivity index (χ1n) is 15.9. The summed E-state index contributed by atoms with van der Waals surface area (Å²) >= 11 is 6.37. The van der Waals surface area contributed by atoms with Gasteiger partial charge in [-0.3, -0.25) is 13.9 Å². The summed E-state index contributed by atoms with van der Waals surface area (Å²) in [6.45, 7) is 2.62. The predicted octanol–water partition coefficient (Wildman–Crippen LogP) is 6.26. The molecule has 0 unspecified atom stereocenters. The van der Waals surface area contributed by atoms with Crippen LogP contribution in [0.2, 0.25) is 5.02 Å². The Bertz CT molecular complexity index is 1900. The van der Waals surface area contributed by atoms with Gasteiger partial charge in [0.05, 0.1) is 31.9 Å². The van der Waals surface area contributed by atoms with Crippen molar-refractivity contribution >= 4 is 39.1 Å². The number of methoxy groups -OCH3 is 3. The number of carbonyl (C=O) groups is 2. The normalized spacial score (nSPS) is 12.4. The van der Waals surface area contributed by atoms with Crippen molar-refractivity contribution in [1.29, 1.82) is 0 Å². The van der Waals surface area contributed by atoms with Crippen molar-refractivity contribution in [2.45, 2.75) is 50.2 Å². The van der Waals surface area contributed by atoms with E-state index in [0.29, 0.717) is 12.2 Å². The van der Waals surface area contributed by atoms with Crippen LogP contribution >= 0.6 is 11.6 Å². The molecule has 2 atom stereocenters. The SMILES string of the molecule is CC[C@H](C)NC(=O)[C@H](Cc1ccccc1)N(Cc1ccccc1F)C(=O)CN(c1cc(Cl)ccc1OC)S(=O)(=O)c1ccc(OC)c(OC)c1. The summed E-state index contributed by atoms with van der Waals surface area (Å²) in [5.74, 6) is -1.29. The molecule has 0 bridgehead atoms. The molecule has 0 saturated carbocycles. The number of sulfonamides is 1. The fourth-order valence-electron chi connectivity index (χ4n) is 5.28. The zero-order valence-corrected chi connectivity index (χ0v) is 30.1. The molecule has 0 spiro atoms. The molecule has 0 aliphatic heterocycles. The van der Waals surface area contributed by atoms with Crippen molar-refractivity contribution in [3.8, 4) is 17.2 Å². The summed E-state index contributed by atoms with van der Waals surface area (Å²) in [7, 11) is -0.418. The molecule has 0 fully saturated rings. The number of amides is 2. The maximum atomic E-state index is 15.2. The van der Waals surface area contributed by atoms with Gasteiger partial charge in [-0.05, 0) is 55.3 Å². The molecular formula is C37H41ClFN3O7S. The van der Waals surface area contributed by atoms with Crippen LogP contribution in [0.15, 0.2) is 95.9 Å². The molecule has 4 aromatic carbocycles. The predicted molar refractivity (Wildman–Crippen MR) is 191 cm³/mol. The Hall–Kier alpha value is -4.81. The van der Waals surface area contributed by atoms with Crippen LogP contribution in [0.5, 0.6) is 17.2 Å². The van der Waals surface area contributed by atoms with E-state index in [2.05, 4.69) is 5.32 Å². The number of rotatable bonds is 16. The summed E-state index contributed by atoms with van der Waals surface area (Å²) < 4.78 is 61.3. The van der Waals surface area contributed by atoms with Gasteiger partial charge < -0.3 is 24.4 Å². The number of benzene rings is 4. The van der Waals surface area contributed by atoms with E-state index in [9.17, 15) is 18.0 Å². The highest BCUT2D eigenvalue weighted by atomic mass is 35.5. The smallest absolute Gasteiger partial charge is 0.265 e. The van der Waals surface area contributed by atoms with Crippen LogP contribution in [0.25, 0.3) is 0 Å². The molecule has 4 aromatic rings. The maximum Gasteiger partial charge on any atom is 0.265 e. The average Bonchev–Trinajstić information content (AvgIpc) is 3.12. The van der Waals surface area contributed by atoms with Gasteiger partial charge in [-0.15, -0.1) is 0 Å². The molecule has 10 nitrogen and oxygen atoms in total. The van der Waals surface area contributed by atoms with Crippen LogP contribution in [0.4, 0.5) is 10.1 Å². The van der Waals surface area contributed by atoms with Crippen molar-refractivity contribution in [2.75, 3.05) is 32.2 Å². The van der Waals surface area contributed by atoms with Gasteiger partial charge in [0.25, 0.3) is 10.0 Å². The number of carbonyl (C=O) groups excluding carboxylic acids is 2. The van der Waals surface area contributed by atoms with E-state index in [-0.39, 0.29) is 51.7 Å². The van der Waals surface area contributed by atoms with Crippen molar-refractivity contribution in [2.24, 2.45) is 0 Å². The third kappa shape index (κ3) is 9.05. The monoisotopic (exact) mass is 725 g/mol. The standard InChI is InChI=1S/C37H41ClFN3O7S/c1-6-25(2)40-37(44)32(20-26-12-8-7-9-13-26)41(23-27-14-10-11-15-30(27)39)36(43)24-42(31-21-28(38)16-18-33(31)47-3)50(45,46)29-17-19-34(48-4)35(22-29)49-5/h7-19,21-22,25,32H,6,20,23-24H2,1-5H3,(H,40,44)/t25-,32-/m0/s1. The molecule has 1 N–H and O–H groups in total. The molecule has 4 rings (SSSR count).